The highest BCUT2D eigenvalue weighted by Crippen LogP contribution is 2.08. The van der Waals surface area contributed by atoms with Gasteiger partial charge in [-0.1, -0.05) is 0 Å². The lowest BCUT2D eigenvalue weighted by Crippen LogP contribution is -2.37. The van der Waals surface area contributed by atoms with Crippen LogP contribution in [0.15, 0.2) is 0 Å². The number of rotatable bonds is 6. The molecule has 0 saturated heterocycles. The van der Waals surface area contributed by atoms with Gasteiger partial charge in [-0.05, 0) is 34.6 Å². The second-order valence-corrected chi connectivity index (χ2v) is 5.14. The summed E-state index contributed by atoms with van der Waals surface area (Å²) < 4.78 is 2.13. The van der Waals surface area contributed by atoms with E-state index in [0.717, 1.165) is 37.8 Å². The van der Waals surface area contributed by atoms with Gasteiger partial charge in [-0.2, -0.15) is 0 Å². The second kappa shape index (κ2) is 6.00. The van der Waals surface area contributed by atoms with Gasteiger partial charge in [-0.15, -0.1) is 10.2 Å². The van der Waals surface area contributed by atoms with Crippen molar-refractivity contribution in [2.75, 3.05) is 18.4 Å². The van der Waals surface area contributed by atoms with Gasteiger partial charge in [0.05, 0.1) is 0 Å². The first-order chi connectivity index (χ1) is 7.98. The minimum absolute atomic E-state index is 0.154. The van der Waals surface area contributed by atoms with Crippen LogP contribution in [0.3, 0.4) is 0 Å². The highest BCUT2D eigenvalue weighted by molar-refractivity contribution is 5.25. The normalized spacial score (nSPS) is 11.8. The predicted molar refractivity (Wildman–Crippen MR) is 71.3 cm³/mol. The molecule has 5 heteroatoms. The Morgan fingerprint density at radius 2 is 1.88 bits per heavy atom. The van der Waals surface area contributed by atoms with Crippen molar-refractivity contribution in [3.63, 3.8) is 0 Å². The molecule has 17 heavy (non-hydrogen) atoms. The molecule has 0 aromatic carbocycles. The maximum Gasteiger partial charge on any atom is 0.224 e. The minimum Gasteiger partial charge on any atom is -0.355 e. The second-order valence-electron chi connectivity index (χ2n) is 5.14. The van der Waals surface area contributed by atoms with Gasteiger partial charge in [0.1, 0.15) is 5.82 Å². The molecule has 0 bridgehead atoms. The molecule has 0 aliphatic heterocycles. The maximum atomic E-state index is 4.24. The molecule has 0 aliphatic carbocycles. The van der Waals surface area contributed by atoms with E-state index in [1.807, 2.05) is 0 Å². The Balaban J connectivity index is 2.59. The van der Waals surface area contributed by atoms with Crippen LogP contribution in [0.1, 0.15) is 40.4 Å². The summed E-state index contributed by atoms with van der Waals surface area (Å²) in [7, 11) is 0. The summed E-state index contributed by atoms with van der Waals surface area (Å²) in [4.78, 5) is 0. The molecular formula is C12H25N5. The number of nitrogens with zero attached hydrogens (tertiary/aromatic N) is 3. The van der Waals surface area contributed by atoms with E-state index in [2.05, 4.69) is 60.0 Å². The zero-order chi connectivity index (χ0) is 12.9. The Bertz CT molecular complexity index is 337. The standard InChI is InChI=1S/C12H25N5/c1-6-13-11-16-15-10(17(11)7-2)8-9-14-12(3,4)5/h14H,6-9H2,1-5H3,(H,13,16). The Kier molecular flexibility index (Phi) is 4.93. The van der Waals surface area contributed by atoms with Crippen LogP contribution in [0.4, 0.5) is 5.95 Å². The number of hydrogen-bond donors (Lipinski definition) is 2. The van der Waals surface area contributed by atoms with E-state index < -0.39 is 0 Å². The molecule has 0 fully saturated rings. The van der Waals surface area contributed by atoms with E-state index in [0.29, 0.717) is 0 Å². The Morgan fingerprint density at radius 3 is 2.41 bits per heavy atom. The van der Waals surface area contributed by atoms with Crippen LogP contribution < -0.4 is 10.6 Å². The summed E-state index contributed by atoms with van der Waals surface area (Å²) in [6.07, 6.45) is 0.906. The maximum absolute atomic E-state index is 4.24. The first-order valence-electron chi connectivity index (χ1n) is 6.39. The Hall–Kier alpha value is -1.10. The average Bonchev–Trinajstić information content (AvgIpc) is 2.59. The number of anilines is 1. The summed E-state index contributed by atoms with van der Waals surface area (Å²) in [6, 6.07) is 0. The summed E-state index contributed by atoms with van der Waals surface area (Å²) in [6.45, 7) is 13.4. The van der Waals surface area contributed by atoms with Crippen LogP contribution in [0.2, 0.25) is 0 Å². The van der Waals surface area contributed by atoms with Crippen molar-refractivity contribution >= 4 is 5.95 Å². The van der Waals surface area contributed by atoms with Gasteiger partial charge in [0, 0.05) is 31.6 Å². The lowest BCUT2D eigenvalue weighted by Gasteiger charge is -2.20. The van der Waals surface area contributed by atoms with Crippen LogP contribution in [0, 0.1) is 0 Å². The monoisotopic (exact) mass is 239 g/mol. The van der Waals surface area contributed by atoms with Gasteiger partial charge in [0.15, 0.2) is 0 Å². The predicted octanol–water partition coefficient (Wildman–Crippen LogP) is 1.66. The molecule has 1 rings (SSSR count). The number of hydrogen-bond acceptors (Lipinski definition) is 4. The third-order valence-corrected chi connectivity index (χ3v) is 2.48. The van der Waals surface area contributed by atoms with Gasteiger partial charge < -0.3 is 10.6 Å². The van der Waals surface area contributed by atoms with Crippen molar-refractivity contribution in [1.82, 2.24) is 20.1 Å². The van der Waals surface area contributed by atoms with Crippen molar-refractivity contribution in [3.8, 4) is 0 Å². The zero-order valence-electron chi connectivity index (χ0n) is 11.7. The van der Waals surface area contributed by atoms with E-state index in [-0.39, 0.29) is 5.54 Å². The minimum atomic E-state index is 0.154. The van der Waals surface area contributed by atoms with E-state index in [1.54, 1.807) is 0 Å². The third kappa shape index (κ3) is 4.34. The van der Waals surface area contributed by atoms with E-state index in [9.17, 15) is 0 Å². The first-order valence-corrected chi connectivity index (χ1v) is 6.39. The zero-order valence-corrected chi connectivity index (χ0v) is 11.7. The van der Waals surface area contributed by atoms with Gasteiger partial charge in [-0.3, -0.25) is 4.57 Å². The van der Waals surface area contributed by atoms with Gasteiger partial charge >= 0.3 is 0 Å². The number of aromatic nitrogens is 3. The molecule has 0 amide bonds. The lowest BCUT2D eigenvalue weighted by atomic mass is 10.1. The first kappa shape index (κ1) is 14.0. The van der Waals surface area contributed by atoms with E-state index in [4.69, 9.17) is 0 Å². The molecule has 1 aromatic rings. The average molecular weight is 239 g/mol. The third-order valence-electron chi connectivity index (χ3n) is 2.48. The van der Waals surface area contributed by atoms with Crippen LogP contribution in [0.5, 0.6) is 0 Å². The molecular weight excluding hydrogens is 214 g/mol. The molecule has 0 spiro atoms. The van der Waals surface area contributed by atoms with Crippen LogP contribution in [-0.4, -0.2) is 33.4 Å². The van der Waals surface area contributed by atoms with Crippen molar-refractivity contribution in [2.24, 2.45) is 0 Å². The molecule has 0 radical (unpaired) electrons. The van der Waals surface area contributed by atoms with Gasteiger partial charge in [0.25, 0.3) is 0 Å². The molecule has 2 N–H and O–H groups in total. The highest BCUT2D eigenvalue weighted by atomic mass is 15.3. The van der Waals surface area contributed by atoms with Crippen molar-refractivity contribution in [3.05, 3.63) is 5.82 Å². The fourth-order valence-electron chi connectivity index (χ4n) is 1.69. The lowest BCUT2D eigenvalue weighted by molar-refractivity contribution is 0.425. The van der Waals surface area contributed by atoms with Crippen LogP contribution in [-0.2, 0) is 13.0 Å². The summed E-state index contributed by atoms with van der Waals surface area (Å²) >= 11 is 0. The van der Waals surface area contributed by atoms with Crippen molar-refractivity contribution in [2.45, 2.75) is 53.1 Å². The largest absolute Gasteiger partial charge is 0.355 e. The highest BCUT2D eigenvalue weighted by Gasteiger charge is 2.12. The topological polar surface area (TPSA) is 54.8 Å². The molecule has 1 aromatic heterocycles. The van der Waals surface area contributed by atoms with Gasteiger partial charge in [-0.25, -0.2) is 0 Å². The molecule has 98 valence electrons. The molecule has 0 aliphatic rings. The molecule has 0 unspecified atom stereocenters. The van der Waals surface area contributed by atoms with Crippen molar-refractivity contribution in [1.29, 1.82) is 0 Å². The molecule has 5 nitrogen and oxygen atoms in total. The van der Waals surface area contributed by atoms with Crippen LogP contribution >= 0.6 is 0 Å². The SMILES string of the molecule is CCNc1nnc(CCNC(C)(C)C)n1CC. The quantitative estimate of drug-likeness (QED) is 0.793. The molecule has 1 heterocycles. The Morgan fingerprint density at radius 1 is 1.18 bits per heavy atom. The fourth-order valence-corrected chi connectivity index (χ4v) is 1.69. The van der Waals surface area contributed by atoms with Crippen LogP contribution in [0.25, 0.3) is 0 Å². The summed E-state index contributed by atoms with van der Waals surface area (Å²) in [5.74, 6) is 1.92. The molecule has 0 atom stereocenters. The van der Waals surface area contributed by atoms with Gasteiger partial charge in [0.2, 0.25) is 5.95 Å². The molecule has 0 saturated carbocycles. The van der Waals surface area contributed by atoms with Crippen molar-refractivity contribution < 1.29 is 0 Å². The van der Waals surface area contributed by atoms with E-state index >= 15 is 0 Å². The summed E-state index contributed by atoms with van der Waals surface area (Å²) in [5, 5.41) is 15.1. The summed E-state index contributed by atoms with van der Waals surface area (Å²) in [5.41, 5.74) is 0.154. The number of nitrogens with one attached hydrogen (secondary N) is 2. The fraction of sp³-hybridized carbons (Fsp3) is 0.833. The Labute approximate surface area is 104 Å². The smallest absolute Gasteiger partial charge is 0.224 e. The van der Waals surface area contributed by atoms with E-state index in [1.165, 1.54) is 0 Å².